The molecule has 2 aromatic rings. The van der Waals surface area contributed by atoms with E-state index in [1.807, 2.05) is 38.1 Å². The predicted octanol–water partition coefficient (Wildman–Crippen LogP) is 2.05. The predicted molar refractivity (Wildman–Crippen MR) is 81.1 cm³/mol. The van der Waals surface area contributed by atoms with Gasteiger partial charge in [-0.1, -0.05) is 12.1 Å². The van der Waals surface area contributed by atoms with E-state index in [1.165, 1.54) is 0 Å². The Kier molecular flexibility index (Phi) is 7.54. The smallest absolute Gasteiger partial charge is 0.0547 e. The van der Waals surface area contributed by atoms with E-state index in [1.54, 1.807) is 0 Å². The van der Waals surface area contributed by atoms with Crippen molar-refractivity contribution in [1.82, 2.24) is 14.9 Å². The molecule has 0 fully saturated rings. The summed E-state index contributed by atoms with van der Waals surface area (Å²) < 4.78 is 0. The molecule has 0 aliphatic carbocycles. The van der Waals surface area contributed by atoms with Gasteiger partial charge in [0.1, 0.15) is 0 Å². The van der Waals surface area contributed by atoms with Gasteiger partial charge < -0.3 is 5.73 Å². The van der Waals surface area contributed by atoms with Gasteiger partial charge in [-0.05, 0) is 38.1 Å². The van der Waals surface area contributed by atoms with Crippen LogP contribution in [0.15, 0.2) is 36.4 Å². The second-order valence-electron chi connectivity index (χ2n) is 5.04. The second-order valence-corrected chi connectivity index (χ2v) is 5.04. The fourth-order valence-corrected chi connectivity index (χ4v) is 2.23. The molecule has 4 nitrogen and oxygen atoms in total. The average Bonchev–Trinajstić information content (AvgIpc) is 2.39. The van der Waals surface area contributed by atoms with E-state index < -0.39 is 0 Å². The number of pyridine rings is 2. The summed E-state index contributed by atoms with van der Waals surface area (Å²) in [5, 5.41) is 0. The van der Waals surface area contributed by atoms with Crippen LogP contribution in [-0.4, -0.2) is 28.0 Å². The molecule has 21 heavy (non-hydrogen) atoms. The molecule has 0 atom stereocenters. The molecular formula is C16H22FeN4. The first-order valence-corrected chi connectivity index (χ1v) is 6.95. The fourth-order valence-electron chi connectivity index (χ4n) is 2.23. The monoisotopic (exact) mass is 326 g/mol. The van der Waals surface area contributed by atoms with E-state index >= 15 is 0 Å². The van der Waals surface area contributed by atoms with Crippen LogP contribution in [0.4, 0.5) is 0 Å². The minimum atomic E-state index is 0. The molecule has 0 aliphatic rings. The first-order valence-electron chi connectivity index (χ1n) is 6.95. The molecule has 5 heteroatoms. The van der Waals surface area contributed by atoms with Gasteiger partial charge in [0, 0.05) is 54.6 Å². The molecule has 0 amide bonds. The van der Waals surface area contributed by atoms with Crippen LogP contribution >= 0.6 is 0 Å². The van der Waals surface area contributed by atoms with Gasteiger partial charge in [0.15, 0.2) is 0 Å². The van der Waals surface area contributed by atoms with E-state index in [4.69, 9.17) is 5.73 Å². The molecule has 2 aromatic heterocycles. The Morgan fingerprint density at radius 2 is 1.38 bits per heavy atom. The molecule has 2 rings (SSSR count). The summed E-state index contributed by atoms with van der Waals surface area (Å²) in [5.74, 6) is 0. The maximum Gasteiger partial charge on any atom is 0.0547 e. The van der Waals surface area contributed by atoms with Gasteiger partial charge in [-0.3, -0.25) is 14.9 Å². The zero-order chi connectivity index (χ0) is 14.4. The maximum atomic E-state index is 5.71. The van der Waals surface area contributed by atoms with E-state index in [9.17, 15) is 0 Å². The second kappa shape index (κ2) is 8.90. The van der Waals surface area contributed by atoms with Crippen LogP contribution in [0.2, 0.25) is 0 Å². The number of hydrogen-bond donors (Lipinski definition) is 1. The Balaban J connectivity index is 0.00000220. The van der Waals surface area contributed by atoms with Gasteiger partial charge >= 0.3 is 0 Å². The molecule has 0 bridgehead atoms. The van der Waals surface area contributed by atoms with E-state index in [0.717, 1.165) is 42.4 Å². The standard InChI is InChI=1S/C16H22N4.Fe/c1-13-5-3-7-15(18-13)11-20(10-9-17)12-16-8-4-6-14(2)19-16;/h3-8H,9-12,17H2,1-2H3;. The number of hydrogen-bond acceptors (Lipinski definition) is 4. The van der Waals surface area contributed by atoms with Crippen LogP contribution in [0.25, 0.3) is 0 Å². The molecule has 2 N–H and O–H groups in total. The Morgan fingerprint density at radius 3 is 1.76 bits per heavy atom. The van der Waals surface area contributed by atoms with Crippen molar-refractivity contribution >= 4 is 0 Å². The molecule has 0 unspecified atom stereocenters. The molecule has 0 aliphatic heterocycles. The largest absolute Gasteiger partial charge is 0.329 e. The number of aryl methyl sites for hydroxylation is 2. The van der Waals surface area contributed by atoms with Crippen molar-refractivity contribution in [3.63, 3.8) is 0 Å². The van der Waals surface area contributed by atoms with Crippen molar-refractivity contribution in [3.05, 3.63) is 59.2 Å². The minimum Gasteiger partial charge on any atom is -0.329 e. The van der Waals surface area contributed by atoms with E-state index in [-0.39, 0.29) is 17.1 Å². The molecule has 0 aromatic carbocycles. The third-order valence-corrected chi connectivity index (χ3v) is 3.11. The van der Waals surface area contributed by atoms with Gasteiger partial charge in [-0.15, -0.1) is 0 Å². The molecule has 114 valence electrons. The fraction of sp³-hybridized carbons (Fsp3) is 0.375. The molecule has 0 spiro atoms. The third kappa shape index (κ3) is 5.94. The van der Waals surface area contributed by atoms with Gasteiger partial charge in [-0.2, -0.15) is 0 Å². The average molecular weight is 326 g/mol. The maximum absolute atomic E-state index is 5.71. The summed E-state index contributed by atoms with van der Waals surface area (Å²) in [6.07, 6.45) is 0. The number of aromatic nitrogens is 2. The van der Waals surface area contributed by atoms with Gasteiger partial charge in [0.25, 0.3) is 0 Å². The van der Waals surface area contributed by atoms with Gasteiger partial charge in [0.05, 0.1) is 11.4 Å². The molecule has 0 radical (unpaired) electrons. The molecule has 2 heterocycles. The van der Waals surface area contributed by atoms with Crippen molar-refractivity contribution in [2.45, 2.75) is 26.9 Å². The van der Waals surface area contributed by atoms with Crippen LogP contribution in [0, 0.1) is 13.8 Å². The van der Waals surface area contributed by atoms with E-state index in [0.29, 0.717) is 6.54 Å². The van der Waals surface area contributed by atoms with Crippen molar-refractivity contribution in [2.24, 2.45) is 5.73 Å². The third-order valence-electron chi connectivity index (χ3n) is 3.11. The number of nitrogens with two attached hydrogens (primary N) is 1. The van der Waals surface area contributed by atoms with Crippen molar-refractivity contribution in [1.29, 1.82) is 0 Å². The number of nitrogens with zero attached hydrogens (tertiary/aromatic N) is 3. The zero-order valence-corrected chi connectivity index (χ0v) is 13.7. The minimum absolute atomic E-state index is 0. The SMILES string of the molecule is Cc1cccc(CN(CCN)Cc2cccc(C)n2)n1.[Fe]. The Bertz CT molecular complexity index is 512. The summed E-state index contributed by atoms with van der Waals surface area (Å²) in [7, 11) is 0. The van der Waals surface area contributed by atoms with Crippen LogP contribution in [0.1, 0.15) is 22.8 Å². The molecule has 0 saturated heterocycles. The topological polar surface area (TPSA) is 55.0 Å². The van der Waals surface area contributed by atoms with E-state index in [2.05, 4.69) is 27.0 Å². The summed E-state index contributed by atoms with van der Waals surface area (Å²) in [6, 6.07) is 12.2. The Morgan fingerprint density at radius 1 is 0.905 bits per heavy atom. The summed E-state index contributed by atoms with van der Waals surface area (Å²) in [5.41, 5.74) is 9.95. The number of rotatable bonds is 6. The van der Waals surface area contributed by atoms with Crippen molar-refractivity contribution < 1.29 is 17.1 Å². The quantitative estimate of drug-likeness (QED) is 0.826. The first-order chi connectivity index (χ1) is 9.67. The van der Waals surface area contributed by atoms with Gasteiger partial charge in [-0.25, -0.2) is 0 Å². The van der Waals surface area contributed by atoms with Crippen LogP contribution in [0.5, 0.6) is 0 Å². The normalized spacial score (nSPS) is 10.5. The summed E-state index contributed by atoms with van der Waals surface area (Å²) >= 11 is 0. The van der Waals surface area contributed by atoms with Crippen LogP contribution < -0.4 is 5.73 Å². The first kappa shape index (κ1) is 17.8. The molecule has 0 saturated carbocycles. The van der Waals surface area contributed by atoms with Crippen LogP contribution in [0.3, 0.4) is 0 Å². The Hall–Kier alpha value is -1.26. The summed E-state index contributed by atoms with van der Waals surface area (Å²) in [4.78, 5) is 11.4. The Labute approximate surface area is 137 Å². The zero-order valence-electron chi connectivity index (χ0n) is 12.6. The van der Waals surface area contributed by atoms with Crippen molar-refractivity contribution in [2.75, 3.05) is 13.1 Å². The van der Waals surface area contributed by atoms with Crippen LogP contribution in [-0.2, 0) is 30.2 Å². The summed E-state index contributed by atoms with van der Waals surface area (Å²) in [6.45, 7) is 7.10. The van der Waals surface area contributed by atoms with Gasteiger partial charge in [0.2, 0.25) is 0 Å². The van der Waals surface area contributed by atoms with Crippen molar-refractivity contribution in [3.8, 4) is 0 Å². The molecular weight excluding hydrogens is 304 g/mol.